The Balaban J connectivity index is 1.74. The molecule has 0 aliphatic carbocycles. The van der Waals surface area contributed by atoms with Gasteiger partial charge in [-0.1, -0.05) is 13.8 Å². The largest absolute Gasteiger partial charge is 0.378 e. The van der Waals surface area contributed by atoms with E-state index < -0.39 is 0 Å². The zero-order valence-corrected chi connectivity index (χ0v) is 10.6. The molecule has 0 saturated carbocycles. The van der Waals surface area contributed by atoms with Crippen LogP contribution in [0.2, 0.25) is 0 Å². The molecule has 16 heavy (non-hydrogen) atoms. The molecule has 94 valence electrons. The predicted molar refractivity (Wildman–Crippen MR) is 64.6 cm³/mol. The van der Waals surface area contributed by atoms with Crippen LogP contribution >= 0.6 is 0 Å². The van der Waals surface area contributed by atoms with Gasteiger partial charge in [-0.15, -0.1) is 0 Å². The van der Waals surface area contributed by atoms with Gasteiger partial charge >= 0.3 is 0 Å². The van der Waals surface area contributed by atoms with Crippen LogP contribution in [-0.4, -0.2) is 38.0 Å². The molecule has 0 bridgehead atoms. The van der Waals surface area contributed by atoms with Gasteiger partial charge in [0.25, 0.3) is 0 Å². The molecule has 3 heteroatoms. The molecule has 2 aliphatic heterocycles. The molecule has 1 spiro atoms. The highest BCUT2D eigenvalue weighted by molar-refractivity contribution is 4.92. The number of nitrogens with one attached hydrogen (secondary N) is 1. The number of ether oxygens (including phenoxy) is 2. The van der Waals surface area contributed by atoms with Gasteiger partial charge in [0.2, 0.25) is 0 Å². The van der Waals surface area contributed by atoms with Gasteiger partial charge in [0.15, 0.2) is 0 Å². The summed E-state index contributed by atoms with van der Waals surface area (Å²) in [6.45, 7) is 8.26. The maximum atomic E-state index is 5.92. The number of hydrogen-bond acceptors (Lipinski definition) is 3. The van der Waals surface area contributed by atoms with Crippen LogP contribution in [0.1, 0.15) is 39.5 Å². The van der Waals surface area contributed by atoms with Crippen molar-refractivity contribution in [1.29, 1.82) is 0 Å². The maximum Gasteiger partial charge on any atom is 0.0951 e. The average molecular weight is 227 g/mol. The molecule has 2 rings (SSSR count). The Hall–Kier alpha value is -0.120. The molecule has 2 atom stereocenters. The van der Waals surface area contributed by atoms with E-state index in [-0.39, 0.29) is 5.60 Å². The Morgan fingerprint density at radius 1 is 1.38 bits per heavy atom. The molecule has 2 aliphatic rings. The molecule has 2 fully saturated rings. The standard InChI is InChI=1S/C13H25NO2/c1-11(2)3-6-14-12-4-7-16-13(9-12)5-8-15-10-13/h11-12,14H,3-10H2,1-2H3. The Kier molecular flexibility index (Phi) is 4.22. The third kappa shape index (κ3) is 3.19. The smallest absolute Gasteiger partial charge is 0.0951 e. The molecule has 2 unspecified atom stereocenters. The minimum Gasteiger partial charge on any atom is -0.378 e. The van der Waals surface area contributed by atoms with Crippen molar-refractivity contribution in [2.24, 2.45) is 5.92 Å². The van der Waals surface area contributed by atoms with Crippen LogP contribution in [0.3, 0.4) is 0 Å². The van der Waals surface area contributed by atoms with Crippen molar-refractivity contribution in [2.75, 3.05) is 26.4 Å². The monoisotopic (exact) mass is 227 g/mol. The molecule has 0 aromatic heterocycles. The molecule has 0 aromatic carbocycles. The van der Waals surface area contributed by atoms with Gasteiger partial charge < -0.3 is 14.8 Å². The summed E-state index contributed by atoms with van der Waals surface area (Å²) < 4.78 is 11.4. The molecular weight excluding hydrogens is 202 g/mol. The third-order valence-electron chi connectivity index (χ3n) is 3.71. The van der Waals surface area contributed by atoms with E-state index in [0.29, 0.717) is 6.04 Å². The fourth-order valence-corrected chi connectivity index (χ4v) is 2.64. The van der Waals surface area contributed by atoms with Crippen LogP contribution in [0, 0.1) is 5.92 Å². The van der Waals surface area contributed by atoms with Crippen molar-refractivity contribution < 1.29 is 9.47 Å². The second-order valence-electron chi connectivity index (χ2n) is 5.66. The van der Waals surface area contributed by atoms with Gasteiger partial charge in [-0.2, -0.15) is 0 Å². The fraction of sp³-hybridized carbons (Fsp3) is 1.00. The van der Waals surface area contributed by atoms with Gasteiger partial charge in [0.1, 0.15) is 0 Å². The van der Waals surface area contributed by atoms with E-state index in [4.69, 9.17) is 9.47 Å². The minimum absolute atomic E-state index is 0.0494. The Morgan fingerprint density at radius 3 is 2.94 bits per heavy atom. The summed E-state index contributed by atoms with van der Waals surface area (Å²) in [5, 5.41) is 3.67. The van der Waals surface area contributed by atoms with E-state index >= 15 is 0 Å². The van der Waals surface area contributed by atoms with Crippen molar-refractivity contribution in [2.45, 2.75) is 51.2 Å². The quantitative estimate of drug-likeness (QED) is 0.796. The van der Waals surface area contributed by atoms with E-state index in [2.05, 4.69) is 19.2 Å². The van der Waals surface area contributed by atoms with Gasteiger partial charge in [0.05, 0.1) is 12.2 Å². The van der Waals surface area contributed by atoms with E-state index in [1.165, 1.54) is 6.42 Å². The van der Waals surface area contributed by atoms with Crippen LogP contribution in [-0.2, 0) is 9.47 Å². The normalized spacial score (nSPS) is 35.1. The molecule has 2 saturated heterocycles. The van der Waals surface area contributed by atoms with Gasteiger partial charge in [0, 0.05) is 25.7 Å². The summed E-state index contributed by atoms with van der Waals surface area (Å²) in [4.78, 5) is 0. The first kappa shape index (κ1) is 12.3. The summed E-state index contributed by atoms with van der Waals surface area (Å²) in [6.07, 6.45) is 4.63. The maximum absolute atomic E-state index is 5.92. The molecule has 3 nitrogen and oxygen atoms in total. The van der Waals surface area contributed by atoms with Crippen LogP contribution in [0.25, 0.3) is 0 Å². The SMILES string of the molecule is CC(C)CCNC1CCOC2(CCOC2)C1. The summed E-state index contributed by atoms with van der Waals surface area (Å²) in [7, 11) is 0. The number of rotatable bonds is 4. The fourth-order valence-electron chi connectivity index (χ4n) is 2.64. The molecule has 0 amide bonds. The topological polar surface area (TPSA) is 30.5 Å². The highest BCUT2D eigenvalue weighted by Gasteiger charge is 2.40. The molecule has 1 N–H and O–H groups in total. The van der Waals surface area contributed by atoms with Crippen LogP contribution in [0.15, 0.2) is 0 Å². The summed E-state index contributed by atoms with van der Waals surface area (Å²) in [5.74, 6) is 0.788. The van der Waals surface area contributed by atoms with Gasteiger partial charge in [-0.3, -0.25) is 0 Å². The second-order valence-corrected chi connectivity index (χ2v) is 5.66. The Morgan fingerprint density at radius 2 is 2.25 bits per heavy atom. The lowest BCUT2D eigenvalue weighted by Crippen LogP contribution is -2.47. The summed E-state index contributed by atoms with van der Waals surface area (Å²) >= 11 is 0. The first-order valence-electron chi connectivity index (χ1n) is 6.65. The molecule has 0 radical (unpaired) electrons. The minimum atomic E-state index is 0.0494. The van der Waals surface area contributed by atoms with E-state index in [9.17, 15) is 0 Å². The third-order valence-corrected chi connectivity index (χ3v) is 3.71. The lowest BCUT2D eigenvalue weighted by atomic mass is 9.89. The van der Waals surface area contributed by atoms with Crippen molar-refractivity contribution in [1.82, 2.24) is 5.32 Å². The average Bonchev–Trinajstić information content (AvgIpc) is 2.66. The highest BCUT2D eigenvalue weighted by Crippen LogP contribution is 2.32. The van der Waals surface area contributed by atoms with Crippen molar-refractivity contribution in [3.63, 3.8) is 0 Å². The first-order valence-corrected chi connectivity index (χ1v) is 6.65. The molecule has 2 heterocycles. The van der Waals surface area contributed by atoms with Gasteiger partial charge in [-0.05, 0) is 31.7 Å². The zero-order valence-electron chi connectivity index (χ0n) is 10.6. The predicted octanol–water partition coefficient (Wildman–Crippen LogP) is 1.96. The van der Waals surface area contributed by atoms with Crippen molar-refractivity contribution in [3.05, 3.63) is 0 Å². The summed E-state index contributed by atoms with van der Waals surface area (Å²) in [6, 6.07) is 0.634. The lowest BCUT2D eigenvalue weighted by Gasteiger charge is -2.37. The van der Waals surface area contributed by atoms with E-state index in [0.717, 1.165) is 51.5 Å². The lowest BCUT2D eigenvalue weighted by molar-refractivity contribution is -0.0892. The Bertz CT molecular complexity index is 212. The first-order chi connectivity index (χ1) is 7.70. The summed E-state index contributed by atoms with van der Waals surface area (Å²) in [5.41, 5.74) is 0.0494. The second kappa shape index (κ2) is 5.48. The van der Waals surface area contributed by atoms with Crippen molar-refractivity contribution >= 4 is 0 Å². The molecule has 0 aromatic rings. The van der Waals surface area contributed by atoms with Crippen LogP contribution in [0.4, 0.5) is 0 Å². The van der Waals surface area contributed by atoms with Crippen molar-refractivity contribution in [3.8, 4) is 0 Å². The number of hydrogen-bond donors (Lipinski definition) is 1. The molecular formula is C13H25NO2. The van der Waals surface area contributed by atoms with E-state index in [1.807, 2.05) is 0 Å². The highest BCUT2D eigenvalue weighted by atomic mass is 16.6. The van der Waals surface area contributed by atoms with Crippen LogP contribution in [0.5, 0.6) is 0 Å². The zero-order chi connectivity index (χ0) is 11.4. The Labute approximate surface area is 98.9 Å². The van der Waals surface area contributed by atoms with Gasteiger partial charge in [-0.25, -0.2) is 0 Å². The van der Waals surface area contributed by atoms with Crippen LogP contribution < -0.4 is 5.32 Å². The van der Waals surface area contributed by atoms with E-state index in [1.54, 1.807) is 0 Å².